The molecule has 0 aliphatic carbocycles. The quantitative estimate of drug-likeness (QED) is 0.815. The highest BCUT2D eigenvalue weighted by Gasteiger charge is 2.29. The van der Waals surface area contributed by atoms with Crippen molar-refractivity contribution >= 4 is 5.91 Å². The molecule has 1 aliphatic heterocycles. The second kappa shape index (κ2) is 8.65. The Labute approximate surface area is 150 Å². The first-order chi connectivity index (χ1) is 11.8. The van der Waals surface area contributed by atoms with Crippen LogP contribution in [-0.2, 0) is 9.53 Å². The summed E-state index contributed by atoms with van der Waals surface area (Å²) in [5.41, 5.74) is 6.95. The molecule has 6 nitrogen and oxygen atoms in total. The Morgan fingerprint density at radius 3 is 2.40 bits per heavy atom. The van der Waals surface area contributed by atoms with Crippen LogP contribution in [0.1, 0.15) is 32.4 Å². The van der Waals surface area contributed by atoms with Crippen molar-refractivity contribution in [3.63, 3.8) is 0 Å². The predicted octanol–water partition coefficient (Wildman–Crippen LogP) is 1.56. The molecule has 0 radical (unpaired) electrons. The van der Waals surface area contributed by atoms with Gasteiger partial charge in [0.15, 0.2) is 0 Å². The Morgan fingerprint density at radius 1 is 1.28 bits per heavy atom. The fourth-order valence-electron chi connectivity index (χ4n) is 2.87. The topological polar surface area (TPSA) is 76.8 Å². The van der Waals surface area contributed by atoms with Crippen LogP contribution < -0.4 is 15.8 Å². The summed E-state index contributed by atoms with van der Waals surface area (Å²) in [7, 11) is 1.66. The van der Waals surface area contributed by atoms with Gasteiger partial charge in [0, 0.05) is 19.6 Å². The van der Waals surface area contributed by atoms with Crippen LogP contribution in [0, 0.1) is 5.41 Å². The normalized spacial score (nSPS) is 18.4. The van der Waals surface area contributed by atoms with Crippen molar-refractivity contribution in [2.24, 2.45) is 11.1 Å². The van der Waals surface area contributed by atoms with Gasteiger partial charge in [-0.2, -0.15) is 0 Å². The minimum atomic E-state index is -0.534. The van der Waals surface area contributed by atoms with Gasteiger partial charge in [-0.25, -0.2) is 0 Å². The molecule has 6 heteroatoms. The monoisotopic (exact) mass is 349 g/mol. The number of rotatable bonds is 6. The van der Waals surface area contributed by atoms with E-state index in [0.29, 0.717) is 19.8 Å². The van der Waals surface area contributed by atoms with Crippen molar-refractivity contribution in [3.8, 4) is 5.75 Å². The molecule has 3 N–H and O–H groups in total. The van der Waals surface area contributed by atoms with Crippen molar-refractivity contribution in [2.45, 2.75) is 32.9 Å². The highest BCUT2D eigenvalue weighted by atomic mass is 16.5. The van der Waals surface area contributed by atoms with E-state index in [9.17, 15) is 4.79 Å². The van der Waals surface area contributed by atoms with Crippen LogP contribution in [0.5, 0.6) is 5.75 Å². The lowest BCUT2D eigenvalue weighted by Crippen LogP contribution is -2.51. The third kappa shape index (κ3) is 5.42. The molecular formula is C19H31N3O3. The van der Waals surface area contributed by atoms with Gasteiger partial charge >= 0.3 is 0 Å². The van der Waals surface area contributed by atoms with Gasteiger partial charge in [-0.15, -0.1) is 0 Å². The minimum Gasteiger partial charge on any atom is -0.497 e. The molecule has 0 bridgehead atoms. The first-order valence-electron chi connectivity index (χ1n) is 8.82. The van der Waals surface area contributed by atoms with E-state index in [0.717, 1.165) is 24.4 Å². The molecule has 1 aliphatic rings. The van der Waals surface area contributed by atoms with Crippen molar-refractivity contribution < 1.29 is 14.3 Å². The van der Waals surface area contributed by atoms with E-state index in [1.165, 1.54) is 0 Å². The number of ether oxygens (including phenoxy) is 2. The number of morpholine rings is 1. The van der Waals surface area contributed by atoms with Crippen LogP contribution in [0.3, 0.4) is 0 Å². The number of nitrogens with two attached hydrogens (primary N) is 1. The van der Waals surface area contributed by atoms with Gasteiger partial charge in [0.25, 0.3) is 0 Å². The number of amides is 1. The number of carbonyl (C=O) groups excluding carboxylic acids is 1. The maximum Gasteiger partial charge on any atom is 0.237 e. The number of hydrogen-bond acceptors (Lipinski definition) is 5. The van der Waals surface area contributed by atoms with Gasteiger partial charge in [0.2, 0.25) is 5.91 Å². The summed E-state index contributed by atoms with van der Waals surface area (Å²) in [4.78, 5) is 14.8. The second-order valence-electron chi connectivity index (χ2n) is 7.53. The Balaban J connectivity index is 2.10. The number of methoxy groups -OCH3 is 1. The summed E-state index contributed by atoms with van der Waals surface area (Å²) < 4.78 is 10.7. The summed E-state index contributed by atoms with van der Waals surface area (Å²) in [6.45, 7) is 9.55. The highest BCUT2D eigenvalue weighted by Crippen LogP contribution is 2.24. The van der Waals surface area contributed by atoms with Gasteiger partial charge in [-0.05, 0) is 23.1 Å². The average molecular weight is 349 g/mol. The van der Waals surface area contributed by atoms with Gasteiger partial charge < -0.3 is 20.5 Å². The van der Waals surface area contributed by atoms with Crippen molar-refractivity contribution in [1.29, 1.82) is 0 Å². The zero-order valence-electron chi connectivity index (χ0n) is 15.7. The number of nitrogens with one attached hydrogen (secondary N) is 1. The van der Waals surface area contributed by atoms with E-state index in [2.05, 4.69) is 22.3 Å². The second-order valence-corrected chi connectivity index (χ2v) is 7.53. The summed E-state index contributed by atoms with van der Waals surface area (Å²) in [6.07, 6.45) is 0. The lowest BCUT2D eigenvalue weighted by atomic mass is 9.87. The number of carbonyl (C=O) groups is 1. The zero-order valence-corrected chi connectivity index (χ0v) is 15.7. The molecule has 1 heterocycles. The number of nitrogens with zero attached hydrogens (tertiary/aromatic N) is 1. The van der Waals surface area contributed by atoms with Crippen LogP contribution >= 0.6 is 0 Å². The van der Waals surface area contributed by atoms with Crippen molar-refractivity contribution in [2.75, 3.05) is 40.0 Å². The molecule has 1 amide bonds. The molecule has 0 saturated carbocycles. The van der Waals surface area contributed by atoms with Crippen LogP contribution in [0.15, 0.2) is 24.3 Å². The summed E-state index contributed by atoms with van der Waals surface area (Å²) in [5, 5.41) is 3.04. The van der Waals surface area contributed by atoms with E-state index < -0.39 is 6.04 Å². The SMILES string of the molecule is COc1ccc(C(CNC(=O)[C@@H](N)C(C)(C)C)N2CCOCC2)cc1. The molecule has 1 unspecified atom stereocenters. The largest absolute Gasteiger partial charge is 0.497 e. The maximum absolute atomic E-state index is 12.4. The van der Waals surface area contributed by atoms with Crippen LogP contribution in [0.4, 0.5) is 0 Å². The molecule has 1 saturated heterocycles. The lowest BCUT2D eigenvalue weighted by molar-refractivity contribution is -0.124. The predicted molar refractivity (Wildman–Crippen MR) is 98.6 cm³/mol. The zero-order chi connectivity index (χ0) is 18.4. The summed E-state index contributed by atoms with van der Waals surface area (Å²) in [6, 6.07) is 7.56. The Bertz CT molecular complexity index is 548. The molecule has 1 aromatic carbocycles. The maximum atomic E-state index is 12.4. The van der Waals surface area contributed by atoms with Gasteiger partial charge in [-0.1, -0.05) is 32.9 Å². The minimum absolute atomic E-state index is 0.0888. The molecule has 25 heavy (non-hydrogen) atoms. The van der Waals surface area contributed by atoms with E-state index in [-0.39, 0.29) is 17.4 Å². The van der Waals surface area contributed by atoms with Crippen LogP contribution in [-0.4, -0.2) is 56.8 Å². The smallest absolute Gasteiger partial charge is 0.237 e. The molecule has 1 fully saturated rings. The Morgan fingerprint density at radius 2 is 1.88 bits per heavy atom. The van der Waals surface area contributed by atoms with Gasteiger partial charge in [-0.3, -0.25) is 9.69 Å². The van der Waals surface area contributed by atoms with E-state index in [4.69, 9.17) is 15.2 Å². The molecule has 0 spiro atoms. The number of hydrogen-bond donors (Lipinski definition) is 2. The standard InChI is InChI=1S/C19H31N3O3/c1-19(2,3)17(20)18(23)21-13-16(22-9-11-25-12-10-22)14-5-7-15(24-4)8-6-14/h5-8,16-17H,9-13,20H2,1-4H3,(H,21,23)/t16?,17-/m1/s1. The van der Waals surface area contributed by atoms with E-state index >= 15 is 0 Å². The molecule has 0 aromatic heterocycles. The van der Waals surface area contributed by atoms with Gasteiger partial charge in [0.05, 0.1) is 32.4 Å². The first-order valence-corrected chi connectivity index (χ1v) is 8.82. The van der Waals surface area contributed by atoms with E-state index in [1.807, 2.05) is 32.9 Å². The van der Waals surface area contributed by atoms with Gasteiger partial charge in [0.1, 0.15) is 5.75 Å². The third-order valence-corrected chi connectivity index (χ3v) is 4.67. The number of benzene rings is 1. The molecule has 140 valence electrons. The summed E-state index contributed by atoms with van der Waals surface area (Å²) in [5.74, 6) is 0.711. The molecule has 1 aromatic rings. The third-order valence-electron chi connectivity index (χ3n) is 4.67. The molecule has 2 atom stereocenters. The summed E-state index contributed by atoms with van der Waals surface area (Å²) >= 11 is 0. The average Bonchev–Trinajstić information content (AvgIpc) is 2.61. The van der Waals surface area contributed by atoms with Crippen LogP contribution in [0.2, 0.25) is 0 Å². The highest BCUT2D eigenvalue weighted by molar-refractivity contribution is 5.82. The Hall–Kier alpha value is -1.63. The molecular weight excluding hydrogens is 318 g/mol. The fourth-order valence-corrected chi connectivity index (χ4v) is 2.87. The van der Waals surface area contributed by atoms with Crippen molar-refractivity contribution in [1.82, 2.24) is 10.2 Å². The van der Waals surface area contributed by atoms with Crippen molar-refractivity contribution in [3.05, 3.63) is 29.8 Å². The van der Waals surface area contributed by atoms with E-state index in [1.54, 1.807) is 7.11 Å². The van der Waals surface area contributed by atoms with Crippen LogP contribution in [0.25, 0.3) is 0 Å². The molecule has 2 rings (SSSR count). The lowest BCUT2D eigenvalue weighted by Gasteiger charge is -2.35. The first kappa shape index (κ1) is 19.7. The Kier molecular flexibility index (Phi) is 6.81. The fraction of sp³-hybridized carbons (Fsp3) is 0.632.